The largest absolute Gasteiger partial charge is 0.385 e. The number of guanidine groups is 1. The fraction of sp³-hybridized carbons (Fsp3) is 0.944. The molecule has 2 fully saturated rings. The second kappa shape index (κ2) is 10.9. The summed E-state index contributed by atoms with van der Waals surface area (Å²) in [4.78, 5) is 9.40. The standard InChI is InChI=1S/C18H36N4O2/c1-4-21(16-6-7-16)13-10-20-18(19-2)22-11-8-17(9-12-22)24-15-5-14-23-3/h16-17H,4-15H2,1-3H3,(H,19,20). The quantitative estimate of drug-likeness (QED) is 0.372. The number of nitrogens with one attached hydrogen (secondary N) is 1. The van der Waals surface area contributed by atoms with Crippen LogP contribution < -0.4 is 5.32 Å². The zero-order valence-corrected chi connectivity index (χ0v) is 15.8. The fourth-order valence-electron chi connectivity index (χ4n) is 3.37. The summed E-state index contributed by atoms with van der Waals surface area (Å²) in [5, 5.41) is 3.54. The van der Waals surface area contributed by atoms with Crippen LogP contribution in [0.25, 0.3) is 0 Å². The lowest BCUT2D eigenvalue weighted by Crippen LogP contribution is -2.48. The van der Waals surface area contributed by atoms with Crippen molar-refractivity contribution < 1.29 is 9.47 Å². The van der Waals surface area contributed by atoms with Gasteiger partial charge in [-0.25, -0.2) is 0 Å². The minimum Gasteiger partial charge on any atom is -0.385 e. The Bertz CT molecular complexity index is 366. The molecule has 0 bridgehead atoms. The highest BCUT2D eigenvalue weighted by Crippen LogP contribution is 2.25. The van der Waals surface area contributed by atoms with E-state index in [-0.39, 0.29) is 0 Å². The van der Waals surface area contributed by atoms with Crippen LogP contribution in [0.15, 0.2) is 4.99 Å². The van der Waals surface area contributed by atoms with Crippen LogP contribution in [-0.4, -0.2) is 88.0 Å². The first kappa shape index (κ1) is 19.5. The first-order valence-corrected chi connectivity index (χ1v) is 9.58. The highest BCUT2D eigenvalue weighted by Gasteiger charge is 2.27. The van der Waals surface area contributed by atoms with Crippen LogP contribution in [0, 0.1) is 0 Å². The molecule has 1 N–H and O–H groups in total. The van der Waals surface area contributed by atoms with Gasteiger partial charge >= 0.3 is 0 Å². The molecule has 1 aliphatic heterocycles. The molecule has 0 unspecified atom stereocenters. The van der Waals surface area contributed by atoms with Crippen LogP contribution in [0.5, 0.6) is 0 Å². The minimum absolute atomic E-state index is 0.390. The van der Waals surface area contributed by atoms with Gasteiger partial charge in [0.2, 0.25) is 0 Å². The topological polar surface area (TPSA) is 49.3 Å². The van der Waals surface area contributed by atoms with E-state index in [2.05, 4.69) is 27.0 Å². The molecular weight excluding hydrogens is 304 g/mol. The third-order valence-electron chi connectivity index (χ3n) is 4.95. The Morgan fingerprint density at radius 3 is 2.54 bits per heavy atom. The lowest BCUT2D eigenvalue weighted by atomic mass is 10.1. The molecule has 6 heteroatoms. The van der Waals surface area contributed by atoms with E-state index in [1.54, 1.807) is 7.11 Å². The van der Waals surface area contributed by atoms with Gasteiger partial charge in [-0.05, 0) is 38.6 Å². The molecule has 0 spiro atoms. The van der Waals surface area contributed by atoms with E-state index in [1.165, 1.54) is 12.8 Å². The molecule has 2 aliphatic rings. The van der Waals surface area contributed by atoms with Crippen molar-refractivity contribution in [1.29, 1.82) is 0 Å². The van der Waals surface area contributed by atoms with Crippen molar-refractivity contribution in [1.82, 2.24) is 15.1 Å². The van der Waals surface area contributed by atoms with Crippen LogP contribution in [-0.2, 0) is 9.47 Å². The van der Waals surface area contributed by atoms with Gasteiger partial charge < -0.3 is 19.7 Å². The third-order valence-corrected chi connectivity index (χ3v) is 4.95. The lowest BCUT2D eigenvalue weighted by Gasteiger charge is -2.34. The number of likely N-dealkylation sites (N-methyl/N-ethyl adjacent to an activating group) is 1. The van der Waals surface area contributed by atoms with Gasteiger partial charge in [-0.2, -0.15) is 0 Å². The molecule has 140 valence electrons. The van der Waals surface area contributed by atoms with Gasteiger partial charge in [0.05, 0.1) is 6.10 Å². The van der Waals surface area contributed by atoms with Crippen LogP contribution >= 0.6 is 0 Å². The Morgan fingerprint density at radius 1 is 1.21 bits per heavy atom. The molecule has 0 atom stereocenters. The zero-order valence-electron chi connectivity index (χ0n) is 15.8. The second-order valence-corrected chi connectivity index (χ2v) is 6.74. The molecule has 0 aromatic carbocycles. The van der Waals surface area contributed by atoms with Crippen molar-refractivity contribution in [2.45, 2.75) is 51.2 Å². The number of hydrogen-bond acceptors (Lipinski definition) is 4. The van der Waals surface area contributed by atoms with Gasteiger partial charge in [-0.3, -0.25) is 9.89 Å². The monoisotopic (exact) mass is 340 g/mol. The average molecular weight is 341 g/mol. The van der Waals surface area contributed by atoms with E-state index in [0.29, 0.717) is 6.10 Å². The second-order valence-electron chi connectivity index (χ2n) is 6.74. The maximum atomic E-state index is 5.93. The lowest BCUT2D eigenvalue weighted by molar-refractivity contribution is 0.00989. The Labute approximate surface area is 147 Å². The van der Waals surface area contributed by atoms with Crippen LogP contribution in [0.1, 0.15) is 39.0 Å². The Hall–Kier alpha value is -0.850. The number of aliphatic imine (C=N–C) groups is 1. The predicted octanol–water partition coefficient (Wildman–Crippen LogP) is 1.56. The van der Waals surface area contributed by atoms with Crippen molar-refractivity contribution in [2.75, 3.05) is 60.1 Å². The smallest absolute Gasteiger partial charge is 0.193 e. The maximum absolute atomic E-state index is 5.93. The molecule has 24 heavy (non-hydrogen) atoms. The highest BCUT2D eigenvalue weighted by molar-refractivity contribution is 5.79. The van der Waals surface area contributed by atoms with Gasteiger partial charge in [0.15, 0.2) is 5.96 Å². The molecule has 0 aromatic rings. The highest BCUT2D eigenvalue weighted by atomic mass is 16.5. The number of rotatable bonds is 10. The van der Waals surface area contributed by atoms with Gasteiger partial charge in [0.25, 0.3) is 0 Å². The summed E-state index contributed by atoms with van der Waals surface area (Å²) in [5.74, 6) is 1.04. The van der Waals surface area contributed by atoms with Crippen molar-refractivity contribution in [3.8, 4) is 0 Å². The summed E-state index contributed by atoms with van der Waals surface area (Å²) in [7, 11) is 3.62. The van der Waals surface area contributed by atoms with E-state index < -0.39 is 0 Å². The van der Waals surface area contributed by atoms with Crippen molar-refractivity contribution in [3.63, 3.8) is 0 Å². The molecule has 0 radical (unpaired) electrons. The van der Waals surface area contributed by atoms with Crippen LogP contribution in [0.3, 0.4) is 0 Å². The van der Waals surface area contributed by atoms with E-state index in [0.717, 1.165) is 77.2 Å². The summed E-state index contributed by atoms with van der Waals surface area (Å²) in [6.45, 7) is 9.12. The molecule has 0 amide bonds. The fourth-order valence-corrected chi connectivity index (χ4v) is 3.37. The van der Waals surface area contributed by atoms with E-state index in [4.69, 9.17) is 9.47 Å². The number of piperidine rings is 1. The molecule has 1 saturated carbocycles. The summed E-state index contributed by atoms with van der Waals surface area (Å²) in [5.41, 5.74) is 0. The summed E-state index contributed by atoms with van der Waals surface area (Å²) >= 11 is 0. The third kappa shape index (κ3) is 6.57. The first-order chi connectivity index (χ1) is 11.8. The van der Waals surface area contributed by atoms with Crippen LogP contribution in [0.4, 0.5) is 0 Å². The van der Waals surface area contributed by atoms with E-state index in [1.807, 2.05) is 7.05 Å². The number of hydrogen-bond donors (Lipinski definition) is 1. The molecule has 2 rings (SSSR count). The summed E-state index contributed by atoms with van der Waals surface area (Å²) < 4.78 is 11.0. The van der Waals surface area contributed by atoms with Gasteiger partial charge in [0, 0.05) is 59.6 Å². The molecule has 6 nitrogen and oxygen atoms in total. The molecule has 1 aliphatic carbocycles. The number of ether oxygens (including phenoxy) is 2. The number of likely N-dealkylation sites (tertiary alicyclic amines) is 1. The molecule has 0 aromatic heterocycles. The Balaban J connectivity index is 1.61. The summed E-state index contributed by atoms with van der Waals surface area (Å²) in [6.07, 6.45) is 6.28. The van der Waals surface area contributed by atoms with Gasteiger partial charge in [-0.1, -0.05) is 6.92 Å². The van der Waals surface area contributed by atoms with Crippen molar-refractivity contribution in [3.05, 3.63) is 0 Å². The van der Waals surface area contributed by atoms with Gasteiger partial charge in [0.1, 0.15) is 0 Å². The average Bonchev–Trinajstić information content (AvgIpc) is 3.45. The molecule has 1 saturated heterocycles. The SMILES string of the molecule is CCN(CCNC(=NC)N1CCC(OCCCOC)CC1)C1CC1. The molecule has 1 heterocycles. The zero-order chi connectivity index (χ0) is 17.2. The normalized spacial score (nSPS) is 20.0. The Morgan fingerprint density at radius 2 is 1.96 bits per heavy atom. The number of methoxy groups -OCH3 is 1. The maximum Gasteiger partial charge on any atom is 0.193 e. The van der Waals surface area contributed by atoms with Crippen LogP contribution in [0.2, 0.25) is 0 Å². The first-order valence-electron chi connectivity index (χ1n) is 9.58. The van der Waals surface area contributed by atoms with Crippen molar-refractivity contribution in [2.24, 2.45) is 4.99 Å². The van der Waals surface area contributed by atoms with E-state index in [9.17, 15) is 0 Å². The summed E-state index contributed by atoms with van der Waals surface area (Å²) in [6, 6.07) is 0.838. The predicted molar refractivity (Wildman–Crippen MR) is 98.7 cm³/mol. The van der Waals surface area contributed by atoms with Crippen molar-refractivity contribution >= 4 is 5.96 Å². The minimum atomic E-state index is 0.390. The molecular formula is C18H36N4O2. The van der Waals surface area contributed by atoms with Gasteiger partial charge in [-0.15, -0.1) is 0 Å². The Kier molecular flexibility index (Phi) is 8.84. The number of nitrogens with zero attached hydrogens (tertiary/aromatic N) is 3. The van der Waals surface area contributed by atoms with E-state index >= 15 is 0 Å².